The molecule has 2 aliphatic rings. The average molecular weight is 489 g/mol. The molecule has 4 rings (SSSR count). The fourth-order valence-corrected chi connectivity index (χ4v) is 5.90. The van der Waals surface area contributed by atoms with Gasteiger partial charge in [-0.3, -0.25) is 9.59 Å². The molecule has 0 unspecified atom stereocenters. The van der Waals surface area contributed by atoms with E-state index in [-0.39, 0.29) is 30.3 Å². The number of fused-ring (bicyclic) bond motifs is 1. The van der Waals surface area contributed by atoms with Crippen LogP contribution in [0.2, 0.25) is 5.02 Å². The summed E-state index contributed by atoms with van der Waals surface area (Å²) in [6, 6.07) is 9.20. The zero-order valence-electron chi connectivity index (χ0n) is 19.7. The summed E-state index contributed by atoms with van der Waals surface area (Å²) in [5, 5.41) is 2.74. The van der Waals surface area contributed by atoms with Gasteiger partial charge in [-0.25, -0.2) is 0 Å². The van der Waals surface area contributed by atoms with Gasteiger partial charge in [0.25, 0.3) is 0 Å². The van der Waals surface area contributed by atoms with E-state index in [1.165, 1.54) is 4.88 Å². The summed E-state index contributed by atoms with van der Waals surface area (Å²) in [5.74, 6) is 0.876. The van der Waals surface area contributed by atoms with Gasteiger partial charge in [-0.15, -0.1) is 11.3 Å². The lowest BCUT2D eigenvalue weighted by molar-refractivity contribution is -0.149. The van der Waals surface area contributed by atoms with E-state index >= 15 is 0 Å². The molecule has 0 bridgehead atoms. The standard InChI is InChI=1S/C26H33ClN2O3S/c1-26(2,3)29(25(31)18-6-4-5-7-18)16-24(30)28-14-12-23-21(13-15-33-23)22(28)17-32-20-10-8-19(27)9-11-20/h8-11,13,15,18,22H,4-7,12,14,16-17H2,1-3H3/t22-/m1/s1. The molecular formula is C26H33ClN2O3S. The van der Waals surface area contributed by atoms with Crippen molar-refractivity contribution in [1.82, 2.24) is 9.80 Å². The van der Waals surface area contributed by atoms with Crippen LogP contribution in [0.5, 0.6) is 5.75 Å². The van der Waals surface area contributed by atoms with Crippen LogP contribution in [0.3, 0.4) is 0 Å². The zero-order chi connectivity index (χ0) is 23.6. The quantitative estimate of drug-likeness (QED) is 0.522. The summed E-state index contributed by atoms with van der Waals surface area (Å²) >= 11 is 7.73. The summed E-state index contributed by atoms with van der Waals surface area (Å²) in [6.45, 7) is 7.15. The SMILES string of the molecule is CC(C)(C)N(CC(=O)N1CCc2sccc2[C@H]1COc1ccc(Cl)cc1)C(=O)C1CCCC1. The minimum absolute atomic E-state index is 0.0159. The van der Waals surface area contributed by atoms with Crippen molar-refractivity contribution < 1.29 is 14.3 Å². The summed E-state index contributed by atoms with van der Waals surface area (Å²) in [6.07, 6.45) is 4.89. The van der Waals surface area contributed by atoms with Crippen LogP contribution in [0.4, 0.5) is 0 Å². The van der Waals surface area contributed by atoms with Crippen LogP contribution in [0.1, 0.15) is 62.9 Å². The van der Waals surface area contributed by atoms with Crippen molar-refractivity contribution in [1.29, 1.82) is 0 Å². The molecular weight excluding hydrogens is 456 g/mol. The molecule has 5 nitrogen and oxygen atoms in total. The number of hydrogen-bond donors (Lipinski definition) is 0. The first-order valence-electron chi connectivity index (χ1n) is 11.8. The molecule has 0 N–H and O–H groups in total. The Morgan fingerprint density at radius 1 is 1.15 bits per heavy atom. The van der Waals surface area contributed by atoms with Gasteiger partial charge in [-0.2, -0.15) is 0 Å². The first-order chi connectivity index (χ1) is 15.7. The van der Waals surface area contributed by atoms with Crippen molar-refractivity contribution in [3.8, 4) is 5.75 Å². The van der Waals surface area contributed by atoms with Gasteiger partial charge in [0.2, 0.25) is 11.8 Å². The molecule has 0 radical (unpaired) electrons. The Balaban J connectivity index is 1.52. The van der Waals surface area contributed by atoms with Crippen LogP contribution in [-0.2, 0) is 16.0 Å². The highest BCUT2D eigenvalue weighted by atomic mass is 35.5. The number of carbonyl (C=O) groups is 2. The lowest BCUT2D eigenvalue weighted by Gasteiger charge is -2.41. The third kappa shape index (κ3) is 5.55. The Morgan fingerprint density at radius 3 is 2.52 bits per heavy atom. The van der Waals surface area contributed by atoms with E-state index in [1.807, 2.05) is 37.8 Å². The monoisotopic (exact) mass is 488 g/mol. The topological polar surface area (TPSA) is 49.9 Å². The summed E-state index contributed by atoms with van der Waals surface area (Å²) in [5.41, 5.74) is 0.742. The number of carbonyl (C=O) groups excluding carboxylic acids is 2. The molecule has 7 heteroatoms. The normalized spacial score (nSPS) is 18.8. The van der Waals surface area contributed by atoms with Gasteiger partial charge in [-0.05, 0) is 81.3 Å². The van der Waals surface area contributed by atoms with Crippen molar-refractivity contribution in [3.05, 3.63) is 51.2 Å². The van der Waals surface area contributed by atoms with Crippen molar-refractivity contribution >= 4 is 34.8 Å². The molecule has 0 saturated heterocycles. The molecule has 33 heavy (non-hydrogen) atoms. The largest absolute Gasteiger partial charge is 0.491 e. The Morgan fingerprint density at radius 2 is 1.85 bits per heavy atom. The fourth-order valence-electron chi connectivity index (χ4n) is 4.85. The highest BCUT2D eigenvalue weighted by Gasteiger charge is 2.38. The highest BCUT2D eigenvalue weighted by Crippen LogP contribution is 2.35. The van der Waals surface area contributed by atoms with E-state index in [9.17, 15) is 9.59 Å². The average Bonchev–Trinajstić information content (AvgIpc) is 3.47. The first kappa shape index (κ1) is 24.1. The van der Waals surface area contributed by atoms with Crippen molar-refractivity contribution in [3.63, 3.8) is 0 Å². The molecule has 2 heterocycles. The van der Waals surface area contributed by atoms with Gasteiger partial charge in [0.1, 0.15) is 18.9 Å². The highest BCUT2D eigenvalue weighted by molar-refractivity contribution is 7.10. The van der Waals surface area contributed by atoms with E-state index in [4.69, 9.17) is 16.3 Å². The maximum atomic E-state index is 13.6. The van der Waals surface area contributed by atoms with Crippen LogP contribution >= 0.6 is 22.9 Å². The van der Waals surface area contributed by atoms with E-state index in [2.05, 4.69) is 11.4 Å². The zero-order valence-corrected chi connectivity index (χ0v) is 21.3. The molecule has 1 aromatic carbocycles. The van der Waals surface area contributed by atoms with Crippen LogP contribution in [0, 0.1) is 5.92 Å². The van der Waals surface area contributed by atoms with Crippen molar-refractivity contribution in [2.75, 3.05) is 19.7 Å². The number of thiophene rings is 1. The van der Waals surface area contributed by atoms with Gasteiger partial charge in [0.15, 0.2) is 0 Å². The summed E-state index contributed by atoms with van der Waals surface area (Å²) < 4.78 is 6.08. The number of halogens is 1. The van der Waals surface area contributed by atoms with Gasteiger partial charge in [0.05, 0.1) is 6.04 Å². The third-order valence-electron chi connectivity index (χ3n) is 6.71. The maximum absolute atomic E-state index is 13.6. The van der Waals surface area contributed by atoms with Crippen LogP contribution in [0.15, 0.2) is 35.7 Å². The Bertz CT molecular complexity index is 976. The maximum Gasteiger partial charge on any atom is 0.242 e. The molecule has 2 amide bonds. The Hall–Kier alpha value is -2.05. The minimum atomic E-state index is -0.409. The van der Waals surface area contributed by atoms with Crippen LogP contribution < -0.4 is 4.74 Å². The van der Waals surface area contributed by atoms with Gasteiger partial charge in [0, 0.05) is 27.9 Å². The Labute approximate surface area is 205 Å². The van der Waals surface area contributed by atoms with E-state index in [0.29, 0.717) is 18.2 Å². The van der Waals surface area contributed by atoms with Gasteiger partial charge < -0.3 is 14.5 Å². The molecule has 2 aromatic rings. The Kier molecular flexibility index (Phi) is 7.34. The van der Waals surface area contributed by atoms with Crippen molar-refractivity contribution in [2.45, 2.75) is 64.5 Å². The first-order valence-corrected chi connectivity index (χ1v) is 13.1. The number of nitrogens with zero attached hydrogens (tertiary/aromatic N) is 2. The molecule has 1 fully saturated rings. The summed E-state index contributed by atoms with van der Waals surface area (Å²) in [4.78, 5) is 32.0. The van der Waals surface area contributed by atoms with Gasteiger partial charge in [-0.1, -0.05) is 24.4 Å². The lowest BCUT2D eigenvalue weighted by atomic mass is 9.98. The number of rotatable bonds is 6. The van der Waals surface area contributed by atoms with E-state index in [1.54, 1.807) is 28.4 Å². The van der Waals surface area contributed by atoms with Crippen LogP contribution in [-0.4, -0.2) is 46.8 Å². The molecule has 178 valence electrons. The van der Waals surface area contributed by atoms with Gasteiger partial charge >= 0.3 is 0 Å². The number of amides is 2. The molecule has 1 aromatic heterocycles. The second-order valence-corrected chi connectivity index (χ2v) is 11.4. The third-order valence-corrected chi connectivity index (χ3v) is 7.96. The predicted octanol–water partition coefficient (Wildman–Crippen LogP) is 5.72. The molecule has 1 atom stereocenters. The van der Waals surface area contributed by atoms with E-state index in [0.717, 1.165) is 43.4 Å². The number of benzene rings is 1. The minimum Gasteiger partial charge on any atom is -0.491 e. The molecule has 1 aliphatic carbocycles. The lowest BCUT2D eigenvalue weighted by Crippen LogP contribution is -2.54. The smallest absolute Gasteiger partial charge is 0.242 e. The van der Waals surface area contributed by atoms with E-state index < -0.39 is 5.54 Å². The molecule has 1 aliphatic heterocycles. The summed E-state index contributed by atoms with van der Waals surface area (Å²) in [7, 11) is 0. The molecule has 0 spiro atoms. The number of ether oxygens (including phenoxy) is 1. The van der Waals surface area contributed by atoms with Crippen molar-refractivity contribution in [2.24, 2.45) is 5.92 Å². The second kappa shape index (κ2) is 10.1. The fraction of sp³-hybridized carbons (Fsp3) is 0.538. The molecule has 1 saturated carbocycles. The second-order valence-electron chi connectivity index (χ2n) is 9.99. The van der Waals surface area contributed by atoms with Crippen LogP contribution in [0.25, 0.3) is 0 Å². The predicted molar refractivity (Wildman–Crippen MR) is 133 cm³/mol. The number of hydrogen-bond acceptors (Lipinski definition) is 4.